The Hall–Kier alpha value is -4.52. The van der Waals surface area contributed by atoms with Crippen molar-refractivity contribution in [3.63, 3.8) is 0 Å². The molecule has 1 atom stereocenters. The van der Waals surface area contributed by atoms with Crippen molar-refractivity contribution in [2.45, 2.75) is 31.8 Å². The van der Waals surface area contributed by atoms with Crippen molar-refractivity contribution in [3.05, 3.63) is 107 Å². The van der Waals surface area contributed by atoms with Crippen molar-refractivity contribution in [1.29, 1.82) is 5.26 Å². The van der Waals surface area contributed by atoms with Gasteiger partial charge in [0.1, 0.15) is 17.6 Å². The summed E-state index contributed by atoms with van der Waals surface area (Å²) >= 11 is 6.02. The summed E-state index contributed by atoms with van der Waals surface area (Å²) < 4.78 is 15.8. The van der Waals surface area contributed by atoms with E-state index in [-0.39, 0.29) is 11.1 Å². The number of pyridine rings is 1. The molecule has 1 aliphatic rings. The zero-order chi connectivity index (χ0) is 29.1. The predicted octanol–water partition coefficient (Wildman–Crippen LogP) is 7.09. The predicted molar refractivity (Wildman–Crippen MR) is 163 cm³/mol. The smallest absolute Gasteiger partial charge is 0.141 e. The summed E-state index contributed by atoms with van der Waals surface area (Å²) in [5, 5.41) is 26.7. The normalized spacial score (nSPS) is 14.9. The van der Waals surface area contributed by atoms with Gasteiger partial charge in [-0.1, -0.05) is 66.2 Å². The number of para-hydroxylation sites is 1. The van der Waals surface area contributed by atoms with Gasteiger partial charge in [-0.25, -0.2) is 9.07 Å². The van der Waals surface area contributed by atoms with E-state index in [2.05, 4.69) is 62.2 Å². The Kier molecular flexibility index (Phi) is 8.00. The zero-order valence-electron chi connectivity index (χ0n) is 23.1. The molecule has 5 aromatic rings. The number of nitrogens with one attached hydrogen (secondary N) is 2. The van der Waals surface area contributed by atoms with E-state index < -0.39 is 5.82 Å². The third-order valence-corrected chi connectivity index (χ3v) is 8.13. The zero-order valence-corrected chi connectivity index (χ0v) is 23.9. The molecule has 0 unspecified atom stereocenters. The van der Waals surface area contributed by atoms with E-state index in [4.69, 9.17) is 11.6 Å². The number of nitriles is 1. The molecule has 42 heavy (non-hydrogen) atoms. The van der Waals surface area contributed by atoms with Crippen molar-refractivity contribution in [3.8, 4) is 6.07 Å². The van der Waals surface area contributed by atoms with Crippen molar-refractivity contribution in [1.82, 2.24) is 24.9 Å². The minimum Gasteiger partial charge on any atom is -0.371 e. The minimum absolute atomic E-state index is 0.00566. The SMILES string of the molecule is CCN1CCC(n2cc([C@@H](Nc3cccc4c(Nc5ccc(F)c(Cl)c5)c(C#N)cnc34)c3ccccc3)nn2)CC1. The Morgan fingerprint density at radius 3 is 2.64 bits per heavy atom. The average Bonchev–Trinajstić information content (AvgIpc) is 3.52. The quantitative estimate of drug-likeness (QED) is 0.202. The van der Waals surface area contributed by atoms with Crippen LogP contribution in [0.1, 0.15) is 48.7 Å². The topological polar surface area (TPSA) is 94.7 Å². The third-order valence-electron chi connectivity index (χ3n) is 7.84. The lowest BCUT2D eigenvalue weighted by Crippen LogP contribution is -2.34. The molecular formula is C32H30ClFN8. The van der Waals surface area contributed by atoms with Crippen LogP contribution in [0.15, 0.2) is 79.1 Å². The monoisotopic (exact) mass is 580 g/mol. The Morgan fingerprint density at radius 2 is 1.90 bits per heavy atom. The molecule has 6 rings (SSSR count). The van der Waals surface area contributed by atoms with Crippen LogP contribution in [-0.2, 0) is 0 Å². The number of aromatic nitrogens is 4. The molecule has 10 heteroatoms. The first-order chi connectivity index (χ1) is 20.5. The van der Waals surface area contributed by atoms with Crippen LogP contribution in [0.4, 0.5) is 21.5 Å². The number of fused-ring (bicyclic) bond motifs is 1. The van der Waals surface area contributed by atoms with E-state index in [1.807, 2.05) is 41.1 Å². The second-order valence-electron chi connectivity index (χ2n) is 10.4. The van der Waals surface area contributed by atoms with E-state index in [1.54, 1.807) is 6.07 Å². The van der Waals surface area contributed by atoms with Crippen molar-refractivity contribution in [2.75, 3.05) is 30.3 Å². The van der Waals surface area contributed by atoms with Crippen LogP contribution in [0.25, 0.3) is 10.9 Å². The number of piperidine rings is 1. The Morgan fingerprint density at radius 1 is 1.10 bits per heavy atom. The second kappa shape index (κ2) is 12.1. The number of hydrogen-bond acceptors (Lipinski definition) is 7. The molecule has 8 nitrogen and oxygen atoms in total. The summed E-state index contributed by atoms with van der Waals surface area (Å²) in [7, 11) is 0. The third kappa shape index (κ3) is 5.64. The largest absolute Gasteiger partial charge is 0.371 e. The lowest BCUT2D eigenvalue weighted by molar-refractivity contribution is 0.186. The van der Waals surface area contributed by atoms with Gasteiger partial charge in [0.25, 0.3) is 0 Å². The lowest BCUT2D eigenvalue weighted by Gasteiger charge is -2.30. The van der Waals surface area contributed by atoms with Gasteiger partial charge in [-0.05, 0) is 49.2 Å². The van der Waals surface area contributed by atoms with Crippen LogP contribution in [0.3, 0.4) is 0 Å². The molecule has 0 amide bonds. The molecule has 0 aliphatic carbocycles. The number of nitrogens with zero attached hydrogens (tertiary/aromatic N) is 6. The molecule has 0 spiro atoms. The summed E-state index contributed by atoms with van der Waals surface area (Å²) in [6.07, 6.45) is 5.68. The van der Waals surface area contributed by atoms with E-state index in [9.17, 15) is 9.65 Å². The standard InChI is InChI=1S/C32H30ClFN8/c1-2-41-15-13-24(14-16-41)42-20-29(39-40-42)31(21-7-4-3-5-8-21)38-28-10-6-9-25-30(22(18-35)19-36-32(25)28)37-23-11-12-27(34)26(33)17-23/h3-12,17,19-20,24,31,38H,2,13-16H2,1H3,(H,36,37)/t31-/m0/s1. The molecule has 212 valence electrons. The van der Waals surface area contributed by atoms with Gasteiger partial charge in [-0.2, -0.15) is 5.26 Å². The molecule has 1 aliphatic heterocycles. The van der Waals surface area contributed by atoms with E-state index in [0.29, 0.717) is 28.5 Å². The first-order valence-electron chi connectivity index (χ1n) is 14.0. The number of halogens is 2. The van der Waals surface area contributed by atoms with Gasteiger partial charge >= 0.3 is 0 Å². The van der Waals surface area contributed by atoms with E-state index >= 15 is 0 Å². The first kappa shape index (κ1) is 27.6. The number of rotatable bonds is 8. The first-order valence-corrected chi connectivity index (χ1v) is 14.4. The maximum Gasteiger partial charge on any atom is 0.141 e. The molecule has 3 heterocycles. The van der Waals surface area contributed by atoms with Crippen LogP contribution >= 0.6 is 11.6 Å². The number of anilines is 3. The molecule has 0 bridgehead atoms. The Balaban J connectivity index is 1.36. The molecular weight excluding hydrogens is 551 g/mol. The van der Waals surface area contributed by atoms with Gasteiger partial charge in [-0.3, -0.25) is 4.98 Å². The molecule has 0 saturated carbocycles. The van der Waals surface area contributed by atoms with Gasteiger partial charge < -0.3 is 15.5 Å². The summed E-state index contributed by atoms with van der Waals surface area (Å²) in [6, 6.07) is 22.5. The van der Waals surface area contributed by atoms with Crippen LogP contribution in [0.2, 0.25) is 5.02 Å². The van der Waals surface area contributed by atoms with E-state index in [0.717, 1.165) is 54.8 Å². The maximum atomic E-state index is 13.8. The highest BCUT2D eigenvalue weighted by Gasteiger charge is 2.24. The molecule has 2 aromatic heterocycles. The highest BCUT2D eigenvalue weighted by Crippen LogP contribution is 2.36. The number of hydrogen-bond donors (Lipinski definition) is 2. The maximum absolute atomic E-state index is 13.8. The van der Waals surface area contributed by atoms with Crippen LogP contribution in [-0.4, -0.2) is 44.5 Å². The van der Waals surface area contributed by atoms with Crippen molar-refractivity contribution < 1.29 is 4.39 Å². The van der Waals surface area contributed by atoms with Crippen molar-refractivity contribution in [2.24, 2.45) is 0 Å². The molecule has 1 fully saturated rings. The Bertz CT molecular complexity index is 1740. The molecule has 1 saturated heterocycles. The van der Waals surface area contributed by atoms with Gasteiger partial charge in [0.05, 0.1) is 45.8 Å². The minimum atomic E-state index is -0.510. The number of benzene rings is 3. The van der Waals surface area contributed by atoms with Crippen LogP contribution in [0.5, 0.6) is 0 Å². The summed E-state index contributed by atoms with van der Waals surface area (Å²) in [5.41, 5.74) is 4.78. The van der Waals surface area contributed by atoms with E-state index in [1.165, 1.54) is 18.3 Å². The van der Waals surface area contributed by atoms with Gasteiger partial charge in [0.2, 0.25) is 0 Å². The van der Waals surface area contributed by atoms with Crippen molar-refractivity contribution >= 4 is 39.6 Å². The van der Waals surface area contributed by atoms with Gasteiger partial charge in [0.15, 0.2) is 0 Å². The van der Waals surface area contributed by atoms with Crippen LogP contribution in [0, 0.1) is 17.1 Å². The number of likely N-dealkylation sites (tertiary alicyclic amines) is 1. The highest BCUT2D eigenvalue weighted by atomic mass is 35.5. The highest BCUT2D eigenvalue weighted by molar-refractivity contribution is 6.31. The fourth-order valence-corrected chi connectivity index (χ4v) is 5.69. The van der Waals surface area contributed by atoms with Gasteiger partial charge in [-0.15, -0.1) is 5.10 Å². The fourth-order valence-electron chi connectivity index (χ4n) is 5.51. The second-order valence-corrected chi connectivity index (χ2v) is 10.8. The fraction of sp³-hybridized carbons (Fsp3) is 0.250. The average molecular weight is 581 g/mol. The summed E-state index contributed by atoms with van der Waals surface area (Å²) in [5.74, 6) is -0.510. The van der Waals surface area contributed by atoms with Crippen LogP contribution < -0.4 is 10.6 Å². The lowest BCUT2D eigenvalue weighted by atomic mass is 10.0. The summed E-state index contributed by atoms with van der Waals surface area (Å²) in [4.78, 5) is 7.12. The molecule has 3 aromatic carbocycles. The Labute approximate surface area is 248 Å². The summed E-state index contributed by atoms with van der Waals surface area (Å²) in [6.45, 7) is 5.39. The van der Waals surface area contributed by atoms with Gasteiger partial charge in [0, 0.05) is 30.4 Å². The molecule has 2 N–H and O–H groups in total. The molecule has 0 radical (unpaired) electrons.